The van der Waals surface area contributed by atoms with Gasteiger partial charge in [-0.05, 0) is 31.2 Å². The van der Waals surface area contributed by atoms with Gasteiger partial charge < -0.3 is 9.47 Å². The number of carbonyl (C=O) groups is 1. The Morgan fingerprint density at radius 2 is 1.90 bits per heavy atom. The highest BCUT2D eigenvalue weighted by atomic mass is 32.2. The maximum Gasteiger partial charge on any atom is 0.270 e. The molecule has 1 aliphatic heterocycles. The summed E-state index contributed by atoms with van der Waals surface area (Å²) in [6, 6.07) is 13.6. The molecule has 2 aromatic carbocycles. The minimum atomic E-state index is -0.489. The van der Waals surface area contributed by atoms with Gasteiger partial charge in [0.15, 0.2) is 0 Å². The Kier molecular flexibility index (Phi) is 6.84. The average Bonchev–Trinajstić information content (AvgIpc) is 2.99. The van der Waals surface area contributed by atoms with E-state index in [2.05, 4.69) is 0 Å². The first-order chi connectivity index (χ1) is 14.0. The first-order valence-electron chi connectivity index (χ1n) is 8.84. The Hall–Kier alpha value is -2.91. The van der Waals surface area contributed by atoms with Gasteiger partial charge in [0.2, 0.25) is 0 Å². The predicted octanol–water partition coefficient (Wildman–Crippen LogP) is 4.27. The van der Waals surface area contributed by atoms with Crippen LogP contribution in [0.25, 0.3) is 6.08 Å². The van der Waals surface area contributed by atoms with Crippen LogP contribution in [0.15, 0.2) is 53.4 Å². The minimum Gasteiger partial charge on any atom is -0.490 e. The van der Waals surface area contributed by atoms with Gasteiger partial charge in [-0.25, -0.2) is 0 Å². The molecule has 2 aromatic rings. The Labute approximate surface area is 177 Å². The van der Waals surface area contributed by atoms with Gasteiger partial charge in [0, 0.05) is 24.2 Å². The summed E-state index contributed by atoms with van der Waals surface area (Å²) in [5.41, 5.74) is 0.352. The molecule has 1 amide bonds. The number of nitro benzene ring substituents is 1. The lowest BCUT2D eigenvalue weighted by atomic mass is 10.1. The molecule has 1 heterocycles. The van der Waals surface area contributed by atoms with Crippen molar-refractivity contribution >= 4 is 46.0 Å². The number of rotatable bonds is 8. The highest BCUT2D eigenvalue weighted by Crippen LogP contribution is 2.35. The molecule has 0 atom stereocenters. The largest absolute Gasteiger partial charge is 0.490 e. The van der Waals surface area contributed by atoms with Gasteiger partial charge in [0.25, 0.3) is 11.6 Å². The summed E-state index contributed by atoms with van der Waals surface area (Å²) < 4.78 is 11.8. The van der Waals surface area contributed by atoms with E-state index in [0.29, 0.717) is 33.7 Å². The molecule has 29 heavy (non-hydrogen) atoms. The molecule has 150 valence electrons. The number of hydrogen-bond acceptors (Lipinski definition) is 7. The highest BCUT2D eigenvalue weighted by molar-refractivity contribution is 8.26. The molecule has 0 aromatic heterocycles. The van der Waals surface area contributed by atoms with E-state index in [-0.39, 0.29) is 18.2 Å². The molecular formula is C20H18N2O5S2. The standard InChI is InChI=1S/C20H18N2O5S2/c1-2-21-19(23)18(29-20(21)28)13-14-12-15(22(24)25)8-9-17(14)27-11-10-26-16-6-4-3-5-7-16/h3-9,12-13H,2,10-11H2,1H3. The third-order valence-corrected chi connectivity index (χ3v) is 5.41. The molecule has 0 N–H and O–H groups in total. The number of hydrogen-bond donors (Lipinski definition) is 0. The third kappa shape index (κ3) is 5.12. The topological polar surface area (TPSA) is 81.9 Å². The van der Waals surface area contributed by atoms with Crippen molar-refractivity contribution in [3.63, 3.8) is 0 Å². The van der Waals surface area contributed by atoms with E-state index < -0.39 is 4.92 Å². The van der Waals surface area contributed by atoms with Gasteiger partial charge in [-0.3, -0.25) is 19.8 Å². The van der Waals surface area contributed by atoms with E-state index in [1.54, 1.807) is 6.08 Å². The van der Waals surface area contributed by atoms with Gasteiger partial charge in [-0.1, -0.05) is 42.2 Å². The van der Waals surface area contributed by atoms with Crippen LogP contribution in [0.1, 0.15) is 12.5 Å². The van der Waals surface area contributed by atoms with E-state index in [1.165, 1.54) is 34.9 Å². The molecule has 0 unspecified atom stereocenters. The van der Waals surface area contributed by atoms with Gasteiger partial charge in [0.1, 0.15) is 29.0 Å². The van der Waals surface area contributed by atoms with E-state index in [4.69, 9.17) is 21.7 Å². The summed E-state index contributed by atoms with van der Waals surface area (Å²) in [6.07, 6.45) is 1.58. The number of nitrogens with zero attached hydrogens (tertiary/aromatic N) is 2. The van der Waals surface area contributed by atoms with Crippen molar-refractivity contribution in [2.24, 2.45) is 0 Å². The van der Waals surface area contributed by atoms with E-state index in [1.807, 2.05) is 37.3 Å². The van der Waals surface area contributed by atoms with Crippen LogP contribution in [-0.4, -0.2) is 39.8 Å². The molecular weight excluding hydrogens is 412 g/mol. The van der Waals surface area contributed by atoms with Gasteiger partial charge in [-0.2, -0.15) is 0 Å². The molecule has 0 saturated carbocycles. The first-order valence-corrected chi connectivity index (χ1v) is 10.1. The van der Waals surface area contributed by atoms with Crippen LogP contribution < -0.4 is 9.47 Å². The molecule has 0 aliphatic carbocycles. The van der Waals surface area contributed by atoms with Crippen molar-refractivity contribution in [3.8, 4) is 11.5 Å². The predicted molar refractivity (Wildman–Crippen MR) is 116 cm³/mol. The number of non-ortho nitro benzene ring substituents is 1. The summed E-state index contributed by atoms with van der Waals surface area (Å²) in [4.78, 5) is 25.0. The number of amides is 1. The molecule has 1 aliphatic rings. The van der Waals surface area contributed by atoms with Gasteiger partial charge in [-0.15, -0.1) is 0 Å². The Morgan fingerprint density at radius 3 is 2.55 bits per heavy atom. The first kappa shape index (κ1) is 20.8. The number of ether oxygens (including phenoxy) is 2. The van der Waals surface area contributed by atoms with E-state index in [0.717, 1.165) is 5.75 Å². The van der Waals surface area contributed by atoms with Crippen LogP contribution in [0, 0.1) is 10.1 Å². The molecule has 0 radical (unpaired) electrons. The Bertz CT molecular complexity index is 963. The second kappa shape index (κ2) is 9.53. The van der Waals surface area contributed by atoms with Gasteiger partial charge in [0.05, 0.1) is 9.83 Å². The zero-order valence-electron chi connectivity index (χ0n) is 15.6. The normalized spacial score (nSPS) is 15.1. The van der Waals surface area contributed by atoms with Crippen LogP contribution in [0.5, 0.6) is 11.5 Å². The maximum atomic E-state index is 12.5. The zero-order valence-corrected chi connectivity index (χ0v) is 17.2. The van der Waals surface area contributed by atoms with Crippen LogP contribution in [-0.2, 0) is 4.79 Å². The second-order valence-corrected chi connectivity index (χ2v) is 7.59. The fourth-order valence-corrected chi connectivity index (χ4v) is 4.01. The van der Waals surface area contributed by atoms with Crippen LogP contribution in [0.2, 0.25) is 0 Å². The SMILES string of the molecule is CCN1C(=O)C(=Cc2cc([N+](=O)[O-])ccc2OCCOc2ccccc2)SC1=S. The quantitative estimate of drug-likeness (QED) is 0.203. The van der Waals surface area contributed by atoms with Crippen molar-refractivity contribution in [2.75, 3.05) is 19.8 Å². The van der Waals surface area contributed by atoms with Crippen molar-refractivity contribution in [2.45, 2.75) is 6.92 Å². The Balaban J connectivity index is 1.77. The number of thiocarbonyl (C=S) groups is 1. The molecule has 1 saturated heterocycles. The van der Waals surface area contributed by atoms with Crippen molar-refractivity contribution in [1.29, 1.82) is 0 Å². The summed E-state index contributed by atoms with van der Waals surface area (Å²) in [5, 5.41) is 11.2. The number of para-hydroxylation sites is 1. The summed E-state index contributed by atoms with van der Waals surface area (Å²) in [6.45, 7) is 2.85. The Morgan fingerprint density at radius 1 is 1.17 bits per heavy atom. The molecule has 3 rings (SSSR count). The average molecular weight is 431 g/mol. The van der Waals surface area contributed by atoms with Crippen LogP contribution in [0.3, 0.4) is 0 Å². The number of carbonyl (C=O) groups excluding carboxylic acids is 1. The fraction of sp³-hybridized carbons (Fsp3) is 0.200. The van der Waals surface area contributed by atoms with E-state index >= 15 is 0 Å². The summed E-state index contributed by atoms with van der Waals surface area (Å²) in [5.74, 6) is 0.935. The second-order valence-electron chi connectivity index (χ2n) is 5.92. The van der Waals surface area contributed by atoms with Gasteiger partial charge >= 0.3 is 0 Å². The van der Waals surface area contributed by atoms with Crippen molar-refractivity contribution in [1.82, 2.24) is 4.90 Å². The van der Waals surface area contributed by atoms with Crippen LogP contribution in [0.4, 0.5) is 5.69 Å². The zero-order chi connectivity index (χ0) is 20.8. The summed E-state index contributed by atoms with van der Waals surface area (Å²) >= 11 is 6.38. The number of benzene rings is 2. The lowest BCUT2D eigenvalue weighted by Crippen LogP contribution is -2.27. The maximum absolute atomic E-state index is 12.5. The van der Waals surface area contributed by atoms with Crippen molar-refractivity contribution in [3.05, 3.63) is 69.1 Å². The molecule has 1 fully saturated rings. The third-order valence-electron chi connectivity index (χ3n) is 4.03. The minimum absolute atomic E-state index is 0.0879. The number of likely N-dealkylation sites (N-methyl/N-ethyl adjacent to an activating group) is 1. The highest BCUT2D eigenvalue weighted by Gasteiger charge is 2.31. The van der Waals surface area contributed by atoms with E-state index in [9.17, 15) is 14.9 Å². The molecule has 0 spiro atoms. The van der Waals surface area contributed by atoms with Crippen molar-refractivity contribution < 1.29 is 19.2 Å². The summed E-state index contributed by atoms with van der Waals surface area (Å²) in [7, 11) is 0. The number of thioether (sulfide) groups is 1. The fourth-order valence-electron chi connectivity index (χ4n) is 2.64. The lowest BCUT2D eigenvalue weighted by molar-refractivity contribution is -0.384. The number of nitro groups is 1. The molecule has 7 nitrogen and oxygen atoms in total. The van der Waals surface area contributed by atoms with Crippen LogP contribution >= 0.6 is 24.0 Å². The molecule has 9 heteroatoms. The monoisotopic (exact) mass is 430 g/mol. The smallest absolute Gasteiger partial charge is 0.270 e. The molecule has 0 bridgehead atoms. The lowest BCUT2D eigenvalue weighted by Gasteiger charge is -2.11.